The molecular formula is C11H13N3O2S. The van der Waals surface area contributed by atoms with Crippen molar-refractivity contribution in [1.82, 2.24) is 9.88 Å². The first kappa shape index (κ1) is 11.7. The molecule has 2 aromatic rings. The maximum atomic E-state index is 11.5. The Morgan fingerprint density at radius 3 is 2.88 bits per heavy atom. The van der Waals surface area contributed by atoms with Crippen molar-refractivity contribution < 1.29 is 9.53 Å². The summed E-state index contributed by atoms with van der Waals surface area (Å²) < 4.78 is 6.20. The van der Waals surface area contributed by atoms with Crippen LogP contribution in [0.25, 0.3) is 10.2 Å². The van der Waals surface area contributed by atoms with Gasteiger partial charge in [0, 0.05) is 14.1 Å². The van der Waals surface area contributed by atoms with Crippen LogP contribution >= 0.6 is 11.3 Å². The molecule has 0 aliphatic heterocycles. The van der Waals surface area contributed by atoms with Crippen molar-refractivity contribution in [2.75, 3.05) is 26.5 Å². The van der Waals surface area contributed by atoms with E-state index in [4.69, 9.17) is 4.74 Å². The van der Waals surface area contributed by atoms with E-state index in [9.17, 15) is 4.79 Å². The quantitative estimate of drug-likeness (QED) is 0.891. The fourth-order valence-electron chi connectivity index (χ4n) is 1.34. The molecule has 90 valence electrons. The summed E-state index contributed by atoms with van der Waals surface area (Å²) in [6, 6.07) is 5.50. The molecule has 1 N–H and O–H groups in total. The van der Waals surface area contributed by atoms with Crippen LogP contribution in [-0.4, -0.2) is 37.1 Å². The Kier molecular flexibility index (Phi) is 3.14. The standard InChI is InChI=1S/C11H13N3O2S/c1-14(2)11(15)13-10-12-9-7(16-3)5-4-6-8(9)17-10/h4-6H,1-3H3,(H,12,13,15). The van der Waals surface area contributed by atoms with Crippen molar-refractivity contribution in [3.05, 3.63) is 18.2 Å². The summed E-state index contributed by atoms with van der Waals surface area (Å²) in [6.07, 6.45) is 0. The van der Waals surface area contributed by atoms with E-state index in [2.05, 4.69) is 10.3 Å². The average molecular weight is 251 g/mol. The third-order valence-electron chi connectivity index (χ3n) is 2.22. The molecule has 1 aromatic heterocycles. The van der Waals surface area contributed by atoms with E-state index in [-0.39, 0.29) is 6.03 Å². The molecule has 6 heteroatoms. The van der Waals surface area contributed by atoms with Gasteiger partial charge < -0.3 is 9.64 Å². The SMILES string of the molecule is COc1cccc2sc(NC(=O)N(C)C)nc12. The van der Waals surface area contributed by atoms with Gasteiger partial charge in [0.1, 0.15) is 11.3 Å². The lowest BCUT2D eigenvalue weighted by Gasteiger charge is -2.09. The second kappa shape index (κ2) is 4.58. The summed E-state index contributed by atoms with van der Waals surface area (Å²) in [4.78, 5) is 17.3. The van der Waals surface area contributed by atoms with Crippen LogP contribution in [0.15, 0.2) is 18.2 Å². The minimum absolute atomic E-state index is 0.192. The number of amides is 2. The van der Waals surface area contributed by atoms with Crippen LogP contribution in [0, 0.1) is 0 Å². The third kappa shape index (κ3) is 2.31. The fraction of sp³-hybridized carbons (Fsp3) is 0.273. The minimum atomic E-state index is -0.192. The number of hydrogen-bond donors (Lipinski definition) is 1. The molecule has 0 fully saturated rings. The Labute approximate surface area is 103 Å². The van der Waals surface area contributed by atoms with Crippen LogP contribution in [0.4, 0.5) is 9.93 Å². The summed E-state index contributed by atoms with van der Waals surface area (Å²) in [7, 11) is 4.97. The van der Waals surface area contributed by atoms with Crippen molar-refractivity contribution in [2.24, 2.45) is 0 Å². The molecule has 5 nitrogen and oxygen atoms in total. The van der Waals surface area contributed by atoms with Crippen LogP contribution < -0.4 is 10.1 Å². The number of urea groups is 1. The Morgan fingerprint density at radius 1 is 1.47 bits per heavy atom. The first-order valence-corrected chi connectivity index (χ1v) is 5.85. The van der Waals surface area contributed by atoms with Crippen molar-refractivity contribution >= 4 is 32.7 Å². The van der Waals surface area contributed by atoms with Crippen molar-refractivity contribution in [1.29, 1.82) is 0 Å². The third-order valence-corrected chi connectivity index (χ3v) is 3.16. The molecule has 0 spiro atoms. The molecule has 0 saturated carbocycles. The molecule has 0 unspecified atom stereocenters. The lowest BCUT2D eigenvalue weighted by molar-refractivity contribution is 0.230. The van der Waals surface area contributed by atoms with E-state index in [1.807, 2.05) is 18.2 Å². The van der Waals surface area contributed by atoms with Crippen LogP contribution in [0.3, 0.4) is 0 Å². The van der Waals surface area contributed by atoms with Gasteiger partial charge in [-0.05, 0) is 12.1 Å². The molecule has 1 heterocycles. The van der Waals surface area contributed by atoms with Crippen LogP contribution in [0.1, 0.15) is 0 Å². The van der Waals surface area contributed by atoms with Gasteiger partial charge in [0.25, 0.3) is 0 Å². The molecule has 0 atom stereocenters. The average Bonchev–Trinajstić information content (AvgIpc) is 2.70. The molecule has 2 amide bonds. The first-order valence-electron chi connectivity index (χ1n) is 5.03. The summed E-state index contributed by atoms with van der Waals surface area (Å²) in [5.41, 5.74) is 0.772. The number of para-hydroxylation sites is 1. The number of nitrogens with zero attached hydrogens (tertiary/aromatic N) is 2. The molecule has 2 rings (SSSR count). The number of thiazole rings is 1. The van der Waals surface area contributed by atoms with Crippen molar-refractivity contribution in [2.45, 2.75) is 0 Å². The van der Waals surface area contributed by atoms with Crippen molar-refractivity contribution in [3.63, 3.8) is 0 Å². The Hall–Kier alpha value is -1.82. The topological polar surface area (TPSA) is 54.5 Å². The van der Waals surface area contributed by atoms with Gasteiger partial charge in [-0.25, -0.2) is 9.78 Å². The zero-order valence-electron chi connectivity index (χ0n) is 9.85. The van der Waals surface area contributed by atoms with Crippen LogP contribution in [-0.2, 0) is 0 Å². The highest BCUT2D eigenvalue weighted by atomic mass is 32.1. The molecule has 1 aromatic carbocycles. The zero-order valence-corrected chi connectivity index (χ0v) is 10.7. The first-order chi connectivity index (χ1) is 8.11. The molecule has 0 radical (unpaired) electrons. The fourth-order valence-corrected chi connectivity index (χ4v) is 2.22. The number of carbonyl (C=O) groups excluding carboxylic acids is 1. The predicted molar refractivity (Wildman–Crippen MR) is 68.9 cm³/mol. The number of nitrogens with one attached hydrogen (secondary N) is 1. The van der Waals surface area contributed by atoms with Gasteiger partial charge in [0.05, 0.1) is 11.8 Å². The molecular weight excluding hydrogens is 238 g/mol. The number of methoxy groups -OCH3 is 1. The number of benzene rings is 1. The van der Waals surface area contributed by atoms with E-state index in [1.54, 1.807) is 21.2 Å². The minimum Gasteiger partial charge on any atom is -0.494 e. The van der Waals surface area contributed by atoms with Crippen LogP contribution in [0.5, 0.6) is 5.75 Å². The van der Waals surface area contributed by atoms with Gasteiger partial charge in [-0.1, -0.05) is 17.4 Å². The van der Waals surface area contributed by atoms with E-state index >= 15 is 0 Å². The molecule has 0 bridgehead atoms. The number of rotatable bonds is 2. The second-order valence-corrected chi connectivity index (χ2v) is 4.68. The monoisotopic (exact) mass is 251 g/mol. The Bertz CT molecular complexity index is 551. The number of fused-ring (bicyclic) bond motifs is 1. The number of hydrogen-bond acceptors (Lipinski definition) is 4. The lowest BCUT2D eigenvalue weighted by atomic mass is 10.3. The summed E-state index contributed by atoms with van der Waals surface area (Å²) in [5, 5.41) is 3.29. The van der Waals surface area contributed by atoms with Gasteiger partial charge in [0.2, 0.25) is 0 Å². The van der Waals surface area contributed by atoms with Gasteiger partial charge >= 0.3 is 6.03 Å². The second-order valence-electron chi connectivity index (χ2n) is 3.65. The van der Waals surface area contributed by atoms with Crippen LogP contribution in [0.2, 0.25) is 0 Å². The van der Waals surface area contributed by atoms with E-state index in [1.165, 1.54) is 16.2 Å². The number of aromatic nitrogens is 1. The van der Waals surface area contributed by atoms with Gasteiger partial charge in [-0.3, -0.25) is 5.32 Å². The predicted octanol–water partition coefficient (Wildman–Crippen LogP) is 2.40. The lowest BCUT2D eigenvalue weighted by Crippen LogP contribution is -2.27. The highest BCUT2D eigenvalue weighted by Gasteiger charge is 2.11. The highest BCUT2D eigenvalue weighted by Crippen LogP contribution is 2.31. The van der Waals surface area contributed by atoms with E-state index < -0.39 is 0 Å². The summed E-state index contributed by atoms with van der Waals surface area (Å²) in [6.45, 7) is 0. The molecule has 0 aliphatic carbocycles. The maximum absolute atomic E-state index is 11.5. The highest BCUT2D eigenvalue weighted by molar-refractivity contribution is 7.22. The summed E-state index contributed by atoms with van der Waals surface area (Å²) in [5.74, 6) is 0.712. The number of carbonyl (C=O) groups is 1. The van der Waals surface area contributed by atoms with Gasteiger partial charge in [-0.15, -0.1) is 0 Å². The molecule has 0 saturated heterocycles. The number of anilines is 1. The Balaban J connectivity index is 2.35. The smallest absolute Gasteiger partial charge is 0.323 e. The van der Waals surface area contributed by atoms with Crippen molar-refractivity contribution in [3.8, 4) is 5.75 Å². The van der Waals surface area contributed by atoms with E-state index in [0.717, 1.165) is 10.2 Å². The zero-order chi connectivity index (χ0) is 12.4. The van der Waals surface area contributed by atoms with Gasteiger partial charge in [0.15, 0.2) is 5.13 Å². The Morgan fingerprint density at radius 2 is 2.24 bits per heavy atom. The largest absolute Gasteiger partial charge is 0.494 e. The summed E-state index contributed by atoms with van der Waals surface area (Å²) >= 11 is 1.42. The normalized spacial score (nSPS) is 10.3. The number of ether oxygens (including phenoxy) is 1. The van der Waals surface area contributed by atoms with E-state index in [0.29, 0.717) is 10.9 Å². The molecule has 0 aliphatic rings. The van der Waals surface area contributed by atoms with Gasteiger partial charge in [-0.2, -0.15) is 0 Å². The maximum Gasteiger partial charge on any atom is 0.323 e. The molecule has 17 heavy (non-hydrogen) atoms.